The fourth-order valence-electron chi connectivity index (χ4n) is 4.64. The molecule has 0 spiro atoms. The number of hydrogen-bond donors (Lipinski definition) is 4. The number of likely N-dealkylation sites (tertiary alicyclic amines) is 1. The van der Waals surface area contributed by atoms with E-state index in [9.17, 15) is 9.59 Å². The molecule has 2 saturated heterocycles. The highest BCUT2D eigenvalue weighted by Crippen LogP contribution is 2.36. The summed E-state index contributed by atoms with van der Waals surface area (Å²) in [6, 6.07) is 15.6. The highest BCUT2D eigenvalue weighted by Gasteiger charge is 2.40. The molecular weight excluding hydrogens is 354 g/mol. The molecular formula is C21H23N5O2. The number of aromatic nitrogens is 2. The van der Waals surface area contributed by atoms with Gasteiger partial charge < -0.3 is 4.98 Å². The van der Waals surface area contributed by atoms with E-state index in [1.54, 1.807) is 0 Å². The van der Waals surface area contributed by atoms with E-state index in [0.717, 1.165) is 19.5 Å². The van der Waals surface area contributed by atoms with Crippen LogP contribution in [0.1, 0.15) is 23.6 Å². The molecule has 1 aromatic heterocycles. The summed E-state index contributed by atoms with van der Waals surface area (Å²) in [4.78, 5) is 30.5. The molecule has 0 amide bonds. The van der Waals surface area contributed by atoms with Crippen molar-refractivity contribution in [3.63, 3.8) is 0 Å². The van der Waals surface area contributed by atoms with E-state index in [1.807, 2.05) is 0 Å². The van der Waals surface area contributed by atoms with Crippen LogP contribution in [0.25, 0.3) is 10.8 Å². The summed E-state index contributed by atoms with van der Waals surface area (Å²) in [5, 5.41) is 2.52. The van der Waals surface area contributed by atoms with Crippen LogP contribution in [-0.4, -0.2) is 34.0 Å². The molecule has 3 aromatic rings. The van der Waals surface area contributed by atoms with E-state index in [4.69, 9.17) is 0 Å². The fourth-order valence-corrected chi connectivity index (χ4v) is 4.64. The summed E-state index contributed by atoms with van der Waals surface area (Å²) >= 11 is 0. The highest BCUT2D eigenvalue weighted by molar-refractivity contribution is 5.86. The van der Waals surface area contributed by atoms with Crippen LogP contribution in [0.4, 0.5) is 0 Å². The van der Waals surface area contributed by atoms with Crippen molar-refractivity contribution in [3.8, 4) is 0 Å². The number of fused-ring (bicyclic) bond motifs is 2. The lowest BCUT2D eigenvalue weighted by Gasteiger charge is -2.36. The van der Waals surface area contributed by atoms with Crippen LogP contribution in [0.5, 0.6) is 0 Å². The maximum Gasteiger partial charge on any atom is 0.325 e. The Balaban J connectivity index is 1.41. The lowest BCUT2D eigenvalue weighted by Crippen LogP contribution is -2.45. The normalized spacial score (nSPS) is 25.1. The van der Waals surface area contributed by atoms with Crippen molar-refractivity contribution in [3.05, 3.63) is 80.6 Å². The van der Waals surface area contributed by atoms with Crippen LogP contribution in [0.2, 0.25) is 0 Å². The van der Waals surface area contributed by atoms with Crippen LogP contribution in [0.15, 0.2) is 58.3 Å². The molecule has 7 heteroatoms. The first-order valence-corrected chi connectivity index (χ1v) is 9.71. The lowest BCUT2D eigenvalue weighted by atomic mass is 9.83. The van der Waals surface area contributed by atoms with Crippen molar-refractivity contribution in [1.29, 1.82) is 0 Å². The van der Waals surface area contributed by atoms with E-state index in [-0.39, 0.29) is 11.6 Å². The topological polar surface area (TPSA) is 93.0 Å². The number of nitrogens with one attached hydrogen (secondary N) is 4. The van der Waals surface area contributed by atoms with Crippen molar-refractivity contribution in [2.24, 2.45) is 5.92 Å². The van der Waals surface area contributed by atoms with Gasteiger partial charge in [-0.05, 0) is 22.8 Å². The second kappa shape index (κ2) is 7.01. The smallest absolute Gasteiger partial charge is 0.314 e. The van der Waals surface area contributed by atoms with E-state index in [2.05, 4.69) is 68.2 Å². The molecule has 0 saturated carbocycles. The maximum atomic E-state index is 12.0. The summed E-state index contributed by atoms with van der Waals surface area (Å²) in [6.07, 6.45) is 2.54. The van der Waals surface area contributed by atoms with E-state index in [1.165, 1.54) is 22.5 Å². The van der Waals surface area contributed by atoms with Crippen molar-refractivity contribution >= 4 is 10.8 Å². The second-order valence-corrected chi connectivity index (χ2v) is 7.73. The molecule has 144 valence electrons. The van der Waals surface area contributed by atoms with Crippen molar-refractivity contribution in [1.82, 2.24) is 25.7 Å². The van der Waals surface area contributed by atoms with Crippen LogP contribution < -0.4 is 22.1 Å². The Hall–Kier alpha value is -2.74. The van der Waals surface area contributed by atoms with Crippen molar-refractivity contribution in [2.75, 3.05) is 13.1 Å². The molecule has 2 aliphatic rings. The molecule has 7 nitrogen and oxygen atoms in total. The van der Waals surface area contributed by atoms with Crippen molar-refractivity contribution < 1.29 is 0 Å². The quantitative estimate of drug-likeness (QED) is 0.551. The molecule has 5 rings (SSSR count). The van der Waals surface area contributed by atoms with Gasteiger partial charge in [0, 0.05) is 43.4 Å². The first kappa shape index (κ1) is 17.4. The summed E-state index contributed by atoms with van der Waals surface area (Å²) < 4.78 is 0. The number of hydrazine groups is 1. The molecule has 0 radical (unpaired) electrons. The van der Waals surface area contributed by atoms with Gasteiger partial charge >= 0.3 is 5.69 Å². The number of hydrogen-bond acceptors (Lipinski definition) is 5. The first-order valence-electron chi connectivity index (χ1n) is 9.71. The van der Waals surface area contributed by atoms with Gasteiger partial charge in [-0.2, -0.15) is 0 Å². The summed E-state index contributed by atoms with van der Waals surface area (Å²) in [5.74, 6) is 0.404. The van der Waals surface area contributed by atoms with Crippen LogP contribution in [0.3, 0.4) is 0 Å². The van der Waals surface area contributed by atoms with Gasteiger partial charge in [-0.15, -0.1) is 0 Å². The van der Waals surface area contributed by atoms with Gasteiger partial charge in [-0.25, -0.2) is 10.2 Å². The fraction of sp³-hybridized carbons (Fsp3) is 0.333. The summed E-state index contributed by atoms with van der Waals surface area (Å²) in [5.41, 5.74) is 8.13. The minimum Gasteiger partial charge on any atom is -0.314 e. The highest BCUT2D eigenvalue weighted by atomic mass is 16.2. The molecule has 2 aliphatic heterocycles. The average molecular weight is 377 g/mol. The zero-order chi connectivity index (χ0) is 19.1. The van der Waals surface area contributed by atoms with E-state index < -0.39 is 5.69 Å². The Morgan fingerprint density at radius 2 is 1.89 bits per heavy atom. The Morgan fingerprint density at radius 1 is 1.04 bits per heavy atom. The maximum absolute atomic E-state index is 12.0. The van der Waals surface area contributed by atoms with Gasteiger partial charge in [0.15, 0.2) is 0 Å². The Kier molecular flexibility index (Phi) is 4.35. The predicted octanol–water partition coefficient (Wildman–Crippen LogP) is 1.26. The molecule has 3 unspecified atom stereocenters. The van der Waals surface area contributed by atoms with Crippen molar-refractivity contribution in [2.45, 2.75) is 25.0 Å². The van der Waals surface area contributed by atoms with Gasteiger partial charge in [0.25, 0.3) is 5.56 Å². The SMILES string of the molecule is O=c1[nH]cc(CN2CCC3NNC(c4cccc5ccccc45)C3C2)c(=O)[nH]1. The number of nitrogens with zero attached hydrogens (tertiary/aromatic N) is 1. The molecule has 0 bridgehead atoms. The number of aromatic amines is 2. The lowest BCUT2D eigenvalue weighted by molar-refractivity contribution is 0.147. The van der Waals surface area contributed by atoms with E-state index >= 15 is 0 Å². The van der Waals surface area contributed by atoms with Gasteiger partial charge in [0.05, 0.1) is 6.04 Å². The Bertz CT molecular complexity index is 1120. The molecule has 28 heavy (non-hydrogen) atoms. The standard InChI is InChI=1S/C21H23N5O2/c27-20-14(10-22-21(28)23-20)11-26-9-8-18-17(12-26)19(25-24-18)16-7-3-5-13-4-1-2-6-15(13)16/h1-7,10,17-19,24-25H,8-9,11-12H2,(H2,22,23,27,28). The number of benzene rings is 2. The third-order valence-electron chi connectivity index (χ3n) is 6.04. The number of piperidine rings is 1. The van der Waals surface area contributed by atoms with Crippen LogP contribution in [-0.2, 0) is 6.54 Å². The predicted molar refractivity (Wildman–Crippen MR) is 108 cm³/mol. The molecule has 2 aromatic carbocycles. The number of H-pyrrole nitrogens is 2. The minimum absolute atomic E-state index is 0.216. The molecule has 3 heterocycles. The van der Waals surface area contributed by atoms with Gasteiger partial charge in [-0.3, -0.25) is 20.1 Å². The van der Waals surface area contributed by atoms with Gasteiger partial charge in [0.1, 0.15) is 0 Å². The second-order valence-electron chi connectivity index (χ2n) is 7.73. The van der Waals surface area contributed by atoms with Crippen LogP contribution in [0, 0.1) is 5.92 Å². The molecule has 0 aliphatic carbocycles. The molecule has 3 atom stereocenters. The summed E-state index contributed by atoms with van der Waals surface area (Å²) in [7, 11) is 0. The molecule has 4 N–H and O–H groups in total. The van der Waals surface area contributed by atoms with Gasteiger partial charge in [-0.1, -0.05) is 42.5 Å². The average Bonchev–Trinajstić information content (AvgIpc) is 3.13. The Morgan fingerprint density at radius 3 is 2.79 bits per heavy atom. The third-order valence-corrected chi connectivity index (χ3v) is 6.04. The van der Waals surface area contributed by atoms with Crippen LogP contribution >= 0.6 is 0 Å². The molecule has 2 fully saturated rings. The first-order chi connectivity index (χ1) is 13.7. The Labute approximate surface area is 161 Å². The minimum atomic E-state index is -0.465. The van der Waals surface area contributed by atoms with Gasteiger partial charge in [0.2, 0.25) is 0 Å². The zero-order valence-corrected chi connectivity index (χ0v) is 15.4. The largest absolute Gasteiger partial charge is 0.325 e. The monoisotopic (exact) mass is 377 g/mol. The zero-order valence-electron chi connectivity index (χ0n) is 15.4. The summed E-state index contributed by atoms with van der Waals surface area (Å²) in [6.45, 7) is 2.34. The third kappa shape index (κ3) is 3.07. The van der Waals surface area contributed by atoms with E-state index in [0.29, 0.717) is 24.1 Å². The number of rotatable bonds is 3.